The van der Waals surface area contributed by atoms with Crippen LogP contribution in [0.1, 0.15) is 26.7 Å². The number of ether oxygens (including phenoxy) is 1. The van der Waals surface area contributed by atoms with Crippen LogP contribution in [0.2, 0.25) is 0 Å². The Hall–Kier alpha value is -2.01. The Morgan fingerprint density at radius 2 is 1.84 bits per heavy atom. The van der Waals surface area contributed by atoms with Gasteiger partial charge in [-0.25, -0.2) is 0 Å². The van der Waals surface area contributed by atoms with Crippen molar-refractivity contribution in [3.8, 4) is 11.8 Å². The van der Waals surface area contributed by atoms with Gasteiger partial charge in [0.05, 0.1) is 18.1 Å². The molecule has 0 atom stereocenters. The molecule has 2 aromatic rings. The molecule has 19 heavy (non-hydrogen) atoms. The van der Waals surface area contributed by atoms with Gasteiger partial charge in [0.1, 0.15) is 5.75 Å². The van der Waals surface area contributed by atoms with E-state index in [4.69, 9.17) is 10.00 Å². The van der Waals surface area contributed by atoms with Crippen molar-refractivity contribution < 1.29 is 4.74 Å². The zero-order chi connectivity index (χ0) is 13.7. The fraction of sp³-hybridized carbons (Fsp3) is 0.353. The molecule has 0 aliphatic rings. The quantitative estimate of drug-likeness (QED) is 0.732. The van der Waals surface area contributed by atoms with E-state index >= 15 is 0 Å². The third kappa shape index (κ3) is 3.48. The summed E-state index contributed by atoms with van der Waals surface area (Å²) in [6.45, 7) is 4.58. The predicted molar refractivity (Wildman–Crippen MR) is 78.1 cm³/mol. The minimum absolute atomic E-state index is 0.262. The first-order valence-electron chi connectivity index (χ1n) is 6.64. The Kier molecular flexibility index (Phi) is 4.06. The van der Waals surface area contributed by atoms with Crippen LogP contribution < -0.4 is 4.74 Å². The van der Waals surface area contributed by atoms with E-state index in [1.165, 1.54) is 5.39 Å². The van der Waals surface area contributed by atoms with Crippen molar-refractivity contribution in [1.29, 1.82) is 5.26 Å². The van der Waals surface area contributed by atoms with Gasteiger partial charge in [-0.05, 0) is 38.1 Å². The predicted octanol–water partition coefficient (Wildman–Crippen LogP) is 4.55. The first-order valence-corrected chi connectivity index (χ1v) is 6.64. The van der Waals surface area contributed by atoms with Gasteiger partial charge in [0, 0.05) is 5.39 Å². The molecule has 0 fully saturated rings. The molecule has 2 nitrogen and oxygen atoms in total. The highest BCUT2D eigenvalue weighted by molar-refractivity contribution is 5.88. The van der Waals surface area contributed by atoms with E-state index in [2.05, 4.69) is 24.3 Å². The minimum atomic E-state index is -0.262. The molecule has 2 aromatic carbocycles. The van der Waals surface area contributed by atoms with Crippen LogP contribution in [-0.4, -0.2) is 6.61 Å². The lowest BCUT2D eigenvalue weighted by atomic mass is 9.90. The van der Waals surface area contributed by atoms with E-state index in [9.17, 15) is 0 Å². The minimum Gasteiger partial charge on any atom is -0.493 e. The lowest BCUT2D eigenvalue weighted by molar-refractivity contribution is 0.287. The van der Waals surface area contributed by atoms with Crippen LogP contribution in [0.5, 0.6) is 5.75 Å². The maximum atomic E-state index is 8.96. The van der Waals surface area contributed by atoms with Crippen LogP contribution >= 0.6 is 0 Å². The van der Waals surface area contributed by atoms with Crippen LogP contribution in [0, 0.1) is 16.7 Å². The molecule has 0 saturated carbocycles. The monoisotopic (exact) mass is 253 g/mol. The average Bonchev–Trinajstić information content (AvgIpc) is 2.44. The van der Waals surface area contributed by atoms with Crippen LogP contribution in [-0.2, 0) is 0 Å². The highest BCUT2D eigenvalue weighted by Crippen LogP contribution is 2.26. The summed E-state index contributed by atoms with van der Waals surface area (Å²) in [5.74, 6) is 0.924. The maximum Gasteiger partial charge on any atom is 0.127 e. The van der Waals surface area contributed by atoms with Crippen LogP contribution in [0.25, 0.3) is 10.8 Å². The smallest absolute Gasteiger partial charge is 0.127 e. The van der Waals surface area contributed by atoms with E-state index in [0.717, 1.165) is 24.0 Å². The second-order valence-corrected chi connectivity index (χ2v) is 5.42. The molecule has 2 rings (SSSR count). The van der Waals surface area contributed by atoms with Gasteiger partial charge in [0.25, 0.3) is 0 Å². The third-order valence-corrected chi connectivity index (χ3v) is 3.26. The molecule has 98 valence electrons. The summed E-state index contributed by atoms with van der Waals surface area (Å²) < 4.78 is 5.85. The summed E-state index contributed by atoms with van der Waals surface area (Å²) in [6.07, 6.45) is 1.75. The molecular weight excluding hydrogens is 234 g/mol. The van der Waals surface area contributed by atoms with Gasteiger partial charge < -0.3 is 4.74 Å². The zero-order valence-corrected chi connectivity index (χ0v) is 11.5. The lowest BCUT2D eigenvalue weighted by Crippen LogP contribution is -2.10. The van der Waals surface area contributed by atoms with Gasteiger partial charge >= 0.3 is 0 Å². The number of benzene rings is 2. The zero-order valence-electron chi connectivity index (χ0n) is 11.5. The summed E-state index contributed by atoms with van der Waals surface area (Å²) in [5, 5.41) is 11.3. The molecule has 2 heteroatoms. The molecule has 0 saturated heterocycles. The molecule has 0 radical (unpaired) electrons. The molecule has 0 amide bonds. The fourth-order valence-corrected chi connectivity index (χ4v) is 2.07. The van der Waals surface area contributed by atoms with Crippen molar-refractivity contribution in [3.63, 3.8) is 0 Å². The Labute approximate surface area is 114 Å². The molecule has 0 heterocycles. The number of rotatable bonds is 5. The number of hydrogen-bond acceptors (Lipinski definition) is 2. The highest BCUT2D eigenvalue weighted by Gasteiger charge is 2.15. The highest BCUT2D eigenvalue weighted by atomic mass is 16.5. The second kappa shape index (κ2) is 5.75. The maximum absolute atomic E-state index is 8.96. The number of nitrogens with zero attached hydrogens (tertiary/aromatic N) is 1. The van der Waals surface area contributed by atoms with Gasteiger partial charge in [-0.3, -0.25) is 0 Å². The van der Waals surface area contributed by atoms with Gasteiger partial charge in [-0.2, -0.15) is 5.26 Å². The van der Waals surface area contributed by atoms with Crippen LogP contribution in [0.3, 0.4) is 0 Å². The summed E-state index contributed by atoms with van der Waals surface area (Å²) in [6, 6.07) is 16.6. The first kappa shape index (κ1) is 13.4. The van der Waals surface area contributed by atoms with E-state index in [1.807, 2.05) is 38.1 Å². The van der Waals surface area contributed by atoms with Gasteiger partial charge in [-0.15, -0.1) is 0 Å². The molecule has 0 N–H and O–H groups in total. The van der Waals surface area contributed by atoms with Gasteiger partial charge in [0.2, 0.25) is 0 Å². The standard InChI is InChI=1S/C17H19NO/c1-17(2,13-18)11-6-12-19-16-10-5-8-14-7-3-4-9-15(14)16/h3-5,7-10H,6,11-12H2,1-2H3. The van der Waals surface area contributed by atoms with Crippen molar-refractivity contribution in [2.75, 3.05) is 6.61 Å². The van der Waals surface area contributed by atoms with Gasteiger partial charge in [-0.1, -0.05) is 36.4 Å². The number of hydrogen-bond donors (Lipinski definition) is 0. The van der Waals surface area contributed by atoms with E-state index in [-0.39, 0.29) is 5.41 Å². The summed E-state index contributed by atoms with van der Waals surface area (Å²) in [5.41, 5.74) is -0.262. The van der Waals surface area contributed by atoms with Gasteiger partial charge in [0.15, 0.2) is 0 Å². The van der Waals surface area contributed by atoms with E-state index in [0.29, 0.717) is 6.61 Å². The van der Waals surface area contributed by atoms with Crippen molar-refractivity contribution in [3.05, 3.63) is 42.5 Å². The van der Waals surface area contributed by atoms with Crippen LogP contribution in [0.15, 0.2) is 42.5 Å². The topological polar surface area (TPSA) is 33.0 Å². The molecule has 0 aliphatic heterocycles. The normalized spacial score (nSPS) is 11.2. The SMILES string of the molecule is CC(C)(C#N)CCCOc1cccc2ccccc12. The lowest BCUT2D eigenvalue weighted by Gasteiger charge is -2.15. The number of nitriles is 1. The molecule has 0 bridgehead atoms. The van der Waals surface area contributed by atoms with Crippen molar-refractivity contribution in [1.82, 2.24) is 0 Å². The molecule has 0 aliphatic carbocycles. The first-order chi connectivity index (χ1) is 9.12. The van der Waals surface area contributed by atoms with E-state index < -0.39 is 0 Å². The Bertz CT molecular complexity index is 590. The molecule has 0 spiro atoms. The third-order valence-electron chi connectivity index (χ3n) is 3.26. The fourth-order valence-electron chi connectivity index (χ4n) is 2.07. The Morgan fingerprint density at radius 1 is 1.11 bits per heavy atom. The van der Waals surface area contributed by atoms with Crippen molar-refractivity contribution in [2.45, 2.75) is 26.7 Å². The van der Waals surface area contributed by atoms with E-state index in [1.54, 1.807) is 0 Å². The second-order valence-electron chi connectivity index (χ2n) is 5.42. The summed E-state index contributed by atoms with van der Waals surface area (Å²) >= 11 is 0. The molecule has 0 unspecified atom stereocenters. The molecular formula is C17H19NO. The Balaban J connectivity index is 1.98. The number of fused-ring (bicyclic) bond motifs is 1. The summed E-state index contributed by atoms with van der Waals surface area (Å²) in [7, 11) is 0. The van der Waals surface area contributed by atoms with Crippen molar-refractivity contribution >= 4 is 10.8 Å². The van der Waals surface area contributed by atoms with Crippen molar-refractivity contribution in [2.24, 2.45) is 5.41 Å². The largest absolute Gasteiger partial charge is 0.493 e. The summed E-state index contributed by atoms with van der Waals surface area (Å²) in [4.78, 5) is 0. The molecule has 0 aromatic heterocycles. The Morgan fingerprint density at radius 3 is 2.63 bits per heavy atom. The average molecular weight is 253 g/mol. The van der Waals surface area contributed by atoms with Crippen LogP contribution in [0.4, 0.5) is 0 Å².